The molecule has 0 aliphatic heterocycles. The maximum Gasteiger partial charge on any atom is 0.360 e. The molecule has 0 saturated heterocycles. The molecule has 1 heterocycles. The van der Waals surface area contributed by atoms with Crippen LogP contribution in [0, 0.1) is 6.92 Å². The van der Waals surface area contributed by atoms with Gasteiger partial charge in [0, 0.05) is 10.7 Å². The molecule has 0 atom stereocenters. The van der Waals surface area contributed by atoms with Crippen molar-refractivity contribution < 1.29 is 13.9 Å². The molecule has 0 fully saturated rings. The molecule has 1 aromatic heterocycles. The second-order valence-corrected chi connectivity index (χ2v) is 4.20. The number of anilines is 2. The number of benzene rings is 1. The summed E-state index contributed by atoms with van der Waals surface area (Å²) in [5.41, 5.74) is 1.77. The summed E-state index contributed by atoms with van der Waals surface area (Å²) in [6.45, 7) is 3.90. The maximum atomic E-state index is 11.4. The minimum Gasteiger partial charge on any atom is -0.461 e. The Kier molecular flexibility index (Phi) is 4.06. The van der Waals surface area contributed by atoms with Gasteiger partial charge in [-0.25, -0.2) is 4.79 Å². The molecule has 0 amide bonds. The van der Waals surface area contributed by atoms with Crippen LogP contribution >= 0.6 is 11.6 Å². The predicted octanol–water partition coefficient (Wildman–Crippen LogP) is 3.56. The van der Waals surface area contributed by atoms with Gasteiger partial charge in [0.05, 0.1) is 6.61 Å². The van der Waals surface area contributed by atoms with Gasteiger partial charge >= 0.3 is 5.97 Å². The first kappa shape index (κ1) is 13.4. The number of hydrogen-bond donors (Lipinski definition) is 1. The van der Waals surface area contributed by atoms with Crippen molar-refractivity contribution in [3.8, 4) is 0 Å². The van der Waals surface area contributed by atoms with Crippen molar-refractivity contribution in [3.05, 3.63) is 40.7 Å². The molecule has 0 aliphatic carbocycles. The summed E-state index contributed by atoms with van der Waals surface area (Å²) in [5.74, 6) is -0.512. The number of carbonyl (C=O) groups is 1. The van der Waals surface area contributed by atoms with Crippen molar-refractivity contribution in [2.24, 2.45) is 0 Å². The Morgan fingerprint density at radius 2 is 2.32 bits per heavy atom. The summed E-state index contributed by atoms with van der Waals surface area (Å²) in [4.78, 5) is 15.4. The van der Waals surface area contributed by atoms with Gasteiger partial charge in [0.15, 0.2) is 5.69 Å². The zero-order valence-corrected chi connectivity index (χ0v) is 11.3. The van der Waals surface area contributed by atoms with E-state index in [-0.39, 0.29) is 11.7 Å². The van der Waals surface area contributed by atoms with Crippen molar-refractivity contribution in [1.29, 1.82) is 0 Å². The highest BCUT2D eigenvalue weighted by Gasteiger charge is 2.13. The van der Waals surface area contributed by atoms with Crippen molar-refractivity contribution in [3.63, 3.8) is 0 Å². The lowest BCUT2D eigenvalue weighted by Gasteiger charge is -2.06. The van der Waals surface area contributed by atoms with E-state index >= 15 is 0 Å². The van der Waals surface area contributed by atoms with Crippen LogP contribution in [-0.4, -0.2) is 17.6 Å². The molecule has 100 valence electrons. The Labute approximate surface area is 115 Å². The molecule has 6 heteroatoms. The van der Waals surface area contributed by atoms with Gasteiger partial charge in [-0.05, 0) is 31.5 Å². The molecule has 0 unspecified atom stereocenters. The average molecular weight is 281 g/mol. The second-order valence-electron chi connectivity index (χ2n) is 3.80. The van der Waals surface area contributed by atoms with E-state index in [0.29, 0.717) is 11.6 Å². The fraction of sp³-hybridized carbons (Fsp3) is 0.231. The fourth-order valence-corrected chi connectivity index (χ4v) is 1.66. The minimum atomic E-state index is -0.512. The largest absolute Gasteiger partial charge is 0.461 e. The highest BCUT2D eigenvalue weighted by molar-refractivity contribution is 6.31. The molecule has 1 N–H and O–H groups in total. The van der Waals surface area contributed by atoms with Crippen LogP contribution in [0.5, 0.6) is 0 Å². The normalized spacial score (nSPS) is 10.3. The number of hydrogen-bond acceptors (Lipinski definition) is 5. The first-order valence-electron chi connectivity index (χ1n) is 5.76. The second kappa shape index (κ2) is 5.75. The third-order valence-corrected chi connectivity index (χ3v) is 2.91. The third-order valence-electron chi connectivity index (χ3n) is 2.50. The molecule has 2 aromatic rings. The van der Waals surface area contributed by atoms with E-state index in [1.165, 1.54) is 6.26 Å². The number of oxazole rings is 1. The first-order valence-corrected chi connectivity index (χ1v) is 6.14. The van der Waals surface area contributed by atoms with Crippen LogP contribution in [0.4, 0.5) is 11.7 Å². The lowest BCUT2D eigenvalue weighted by atomic mass is 10.2. The van der Waals surface area contributed by atoms with Crippen molar-refractivity contribution >= 4 is 29.3 Å². The number of nitrogens with zero attached hydrogens (tertiary/aromatic N) is 1. The Morgan fingerprint density at radius 3 is 3.05 bits per heavy atom. The summed E-state index contributed by atoms with van der Waals surface area (Å²) < 4.78 is 9.99. The average Bonchev–Trinajstić information content (AvgIpc) is 2.84. The van der Waals surface area contributed by atoms with Gasteiger partial charge < -0.3 is 14.5 Å². The fourth-order valence-electron chi connectivity index (χ4n) is 1.49. The van der Waals surface area contributed by atoms with E-state index in [9.17, 15) is 4.79 Å². The van der Waals surface area contributed by atoms with Crippen LogP contribution in [0.25, 0.3) is 0 Å². The standard InChI is InChI=1S/C13H13ClN2O3/c1-3-18-12(17)11-7-19-13(16-11)15-10-6-4-5-9(14)8(10)2/h4-7H,3H2,1-2H3,(H,15,16). The Hall–Kier alpha value is -2.01. The lowest BCUT2D eigenvalue weighted by molar-refractivity contribution is 0.0519. The molecule has 0 bridgehead atoms. The van der Waals surface area contributed by atoms with Crippen LogP contribution < -0.4 is 5.32 Å². The van der Waals surface area contributed by atoms with Gasteiger partial charge in [0.2, 0.25) is 0 Å². The van der Waals surface area contributed by atoms with Gasteiger partial charge in [0.25, 0.3) is 6.01 Å². The van der Waals surface area contributed by atoms with E-state index in [0.717, 1.165) is 11.3 Å². The Balaban J connectivity index is 2.16. The third kappa shape index (κ3) is 3.06. The molecular weight excluding hydrogens is 268 g/mol. The summed E-state index contributed by atoms with van der Waals surface area (Å²) in [6, 6.07) is 5.66. The van der Waals surface area contributed by atoms with Gasteiger partial charge in [-0.1, -0.05) is 17.7 Å². The minimum absolute atomic E-state index is 0.129. The Morgan fingerprint density at radius 1 is 1.53 bits per heavy atom. The topological polar surface area (TPSA) is 64.4 Å². The molecule has 0 spiro atoms. The number of nitrogens with one attached hydrogen (secondary N) is 1. The van der Waals surface area contributed by atoms with Crippen LogP contribution in [0.3, 0.4) is 0 Å². The molecule has 1 aromatic carbocycles. The molecule has 0 saturated carbocycles. The summed E-state index contributed by atoms with van der Waals surface area (Å²) in [6.07, 6.45) is 1.25. The van der Waals surface area contributed by atoms with Crippen molar-refractivity contribution in [1.82, 2.24) is 4.98 Å². The predicted molar refractivity (Wildman–Crippen MR) is 71.9 cm³/mol. The lowest BCUT2D eigenvalue weighted by Crippen LogP contribution is -2.05. The summed E-state index contributed by atoms with van der Waals surface area (Å²) in [7, 11) is 0. The van der Waals surface area contributed by atoms with E-state index in [1.807, 2.05) is 19.1 Å². The molecule has 5 nitrogen and oxygen atoms in total. The van der Waals surface area contributed by atoms with Crippen LogP contribution in [0.1, 0.15) is 23.0 Å². The Bertz CT molecular complexity index is 595. The van der Waals surface area contributed by atoms with Crippen molar-refractivity contribution in [2.75, 3.05) is 11.9 Å². The van der Waals surface area contributed by atoms with Gasteiger partial charge in [-0.3, -0.25) is 0 Å². The van der Waals surface area contributed by atoms with Crippen LogP contribution in [-0.2, 0) is 4.74 Å². The van der Waals surface area contributed by atoms with E-state index < -0.39 is 5.97 Å². The van der Waals surface area contributed by atoms with Gasteiger partial charge in [-0.15, -0.1) is 0 Å². The monoisotopic (exact) mass is 280 g/mol. The smallest absolute Gasteiger partial charge is 0.360 e. The van der Waals surface area contributed by atoms with Crippen LogP contribution in [0.2, 0.25) is 5.02 Å². The van der Waals surface area contributed by atoms with Crippen LogP contribution in [0.15, 0.2) is 28.9 Å². The zero-order chi connectivity index (χ0) is 13.8. The number of halogens is 1. The first-order chi connectivity index (χ1) is 9.11. The van der Waals surface area contributed by atoms with Crippen molar-refractivity contribution in [2.45, 2.75) is 13.8 Å². The van der Waals surface area contributed by atoms with E-state index in [1.54, 1.807) is 13.0 Å². The SMILES string of the molecule is CCOC(=O)c1coc(Nc2cccc(Cl)c2C)n1. The molecule has 0 aliphatic rings. The molecular formula is C13H13ClN2O3. The number of esters is 1. The maximum absolute atomic E-state index is 11.4. The molecule has 2 rings (SSSR count). The highest BCUT2D eigenvalue weighted by Crippen LogP contribution is 2.25. The van der Waals surface area contributed by atoms with Gasteiger partial charge in [0.1, 0.15) is 6.26 Å². The number of carbonyl (C=O) groups excluding carboxylic acids is 1. The summed E-state index contributed by atoms with van der Waals surface area (Å²) >= 11 is 6.01. The zero-order valence-electron chi connectivity index (χ0n) is 10.6. The quantitative estimate of drug-likeness (QED) is 0.868. The number of ether oxygens (including phenoxy) is 1. The number of rotatable bonds is 4. The summed E-state index contributed by atoms with van der Waals surface area (Å²) in [5, 5.41) is 3.60. The van der Waals surface area contributed by atoms with E-state index in [2.05, 4.69) is 10.3 Å². The molecule has 0 radical (unpaired) electrons. The molecule has 19 heavy (non-hydrogen) atoms. The van der Waals surface area contributed by atoms with E-state index in [4.69, 9.17) is 20.8 Å². The van der Waals surface area contributed by atoms with Gasteiger partial charge in [-0.2, -0.15) is 4.98 Å². The highest BCUT2D eigenvalue weighted by atomic mass is 35.5. The number of aromatic nitrogens is 1.